The van der Waals surface area contributed by atoms with E-state index in [1.165, 1.54) is 0 Å². The van der Waals surface area contributed by atoms with Crippen molar-refractivity contribution in [2.45, 2.75) is 24.8 Å². The van der Waals surface area contributed by atoms with Crippen LogP contribution in [0.2, 0.25) is 0 Å². The fourth-order valence-corrected chi connectivity index (χ4v) is 0.905. The third kappa shape index (κ3) is 6.84. The second kappa shape index (κ2) is 10.4. The molecule has 0 spiro atoms. The summed E-state index contributed by atoms with van der Waals surface area (Å²) in [5.41, 5.74) is 0. The Labute approximate surface area is 108 Å². The van der Waals surface area contributed by atoms with Crippen LogP contribution in [0.25, 0.3) is 0 Å². The highest BCUT2D eigenvalue weighted by atomic mass is 16.8. The van der Waals surface area contributed by atoms with Crippen LogP contribution in [0, 0.1) is 0 Å². The van der Waals surface area contributed by atoms with E-state index in [2.05, 4.69) is 9.47 Å². The van der Waals surface area contributed by atoms with E-state index >= 15 is 0 Å². The van der Waals surface area contributed by atoms with Crippen LogP contribution in [0.15, 0.2) is 0 Å². The van der Waals surface area contributed by atoms with E-state index in [9.17, 15) is 19.2 Å². The molecule has 0 aromatic carbocycles. The molecular weight excluding hydrogens is 264 g/mol. The van der Waals surface area contributed by atoms with Crippen molar-refractivity contribution in [1.29, 1.82) is 0 Å². The van der Waals surface area contributed by atoms with Gasteiger partial charge in [-0.25, -0.2) is 0 Å². The van der Waals surface area contributed by atoms with Crippen molar-refractivity contribution in [2.24, 2.45) is 0 Å². The normalized spacial score (nSPS) is 16.9. The summed E-state index contributed by atoms with van der Waals surface area (Å²) in [6, 6.07) is 0. The van der Waals surface area contributed by atoms with Crippen molar-refractivity contribution < 1.29 is 43.6 Å². The van der Waals surface area contributed by atoms with Crippen LogP contribution in [-0.4, -0.2) is 73.4 Å². The van der Waals surface area contributed by atoms with E-state index in [4.69, 9.17) is 14.9 Å². The number of hydrogen-bond donors (Lipinski definition) is 2. The lowest BCUT2D eigenvalue weighted by atomic mass is 10.4. The van der Waals surface area contributed by atoms with Gasteiger partial charge in [0.15, 0.2) is 25.1 Å². The highest BCUT2D eigenvalue weighted by molar-refractivity contribution is 5.60. The molecule has 0 saturated carbocycles. The molecule has 4 atom stereocenters. The number of hydrogen-bond acceptors (Lipinski definition) is 9. The molecule has 9 nitrogen and oxygen atoms in total. The zero-order valence-corrected chi connectivity index (χ0v) is 9.79. The number of aliphatic hydroxyl groups excluding tert-OH is 2. The molecule has 9 heteroatoms. The van der Waals surface area contributed by atoms with Crippen LogP contribution < -0.4 is 0 Å². The quantitative estimate of drug-likeness (QED) is 0.286. The van der Waals surface area contributed by atoms with Gasteiger partial charge in [0.2, 0.25) is 12.6 Å². The molecule has 0 unspecified atom stereocenters. The third-order valence-corrected chi connectivity index (χ3v) is 1.77. The van der Waals surface area contributed by atoms with Crippen molar-refractivity contribution in [3.05, 3.63) is 0 Å². The minimum absolute atomic E-state index is 0.126. The first-order valence-electron chi connectivity index (χ1n) is 5.14. The minimum Gasteiger partial charge on any atom is -0.393 e. The molecule has 0 fully saturated rings. The highest BCUT2D eigenvalue weighted by Gasteiger charge is 2.22. The smallest absolute Gasteiger partial charge is 0.218 e. The van der Waals surface area contributed by atoms with Gasteiger partial charge in [-0.2, -0.15) is 0 Å². The van der Waals surface area contributed by atoms with Crippen molar-refractivity contribution in [1.82, 2.24) is 0 Å². The molecule has 2 N–H and O–H groups in total. The maximum atomic E-state index is 10.6. The van der Waals surface area contributed by atoms with E-state index in [1.54, 1.807) is 0 Å². The summed E-state index contributed by atoms with van der Waals surface area (Å²) in [5.74, 6) is 0. The molecule has 0 aliphatic heterocycles. The van der Waals surface area contributed by atoms with E-state index < -0.39 is 38.0 Å². The average molecular weight is 278 g/mol. The Kier molecular flexibility index (Phi) is 9.57. The van der Waals surface area contributed by atoms with Crippen LogP contribution in [0.1, 0.15) is 0 Å². The molecule has 0 aromatic rings. The second-order valence-electron chi connectivity index (χ2n) is 3.13. The molecular formula is C10H14O9. The van der Waals surface area contributed by atoms with Gasteiger partial charge in [-0.3, -0.25) is 9.59 Å². The maximum Gasteiger partial charge on any atom is 0.218 e. The molecule has 0 rings (SSSR count). The van der Waals surface area contributed by atoms with Gasteiger partial charge in [0.05, 0.1) is 13.2 Å². The van der Waals surface area contributed by atoms with Gasteiger partial charge in [0, 0.05) is 0 Å². The van der Waals surface area contributed by atoms with Gasteiger partial charge in [-0.15, -0.1) is 0 Å². The monoisotopic (exact) mass is 278 g/mol. The average Bonchev–Trinajstić information content (AvgIpc) is 2.46. The lowest BCUT2D eigenvalue weighted by molar-refractivity contribution is -0.242. The lowest BCUT2D eigenvalue weighted by Crippen LogP contribution is -2.37. The first-order valence-corrected chi connectivity index (χ1v) is 5.14. The molecule has 108 valence electrons. The van der Waals surface area contributed by atoms with Crippen molar-refractivity contribution >= 4 is 25.1 Å². The summed E-state index contributed by atoms with van der Waals surface area (Å²) in [5, 5.41) is 17.4. The standard InChI is InChI=1S/C10H14O9/c11-1-7(2-12)17-9(5-15)19-10(6-16)18-8(3-13)4-14/h1,3,5-10,12,14H,2,4H2/t7-,8-,9+,10+/m0/s1. The van der Waals surface area contributed by atoms with Crippen LogP contribution in [0.5, 0.6) is 0 Å². The number of carbonyl (C=O) groups is 4. The Bertz CT molecular complexity index is 265. The second-order valence-corrected chi connectivity index (χ2v) is 3.13. The van der Waals surface area contributed by atoms with Crippen LogP contribution in [0.3, 0.4) is 0 Å². The van der Waals surface area contributed by atoms with Crippen molar-refractivity contribution in [2.75, 3.05) is 13.2 Å². The van der Waals surface area contributed by atoms with Crippen LogP contribution >= 0.6 is 0 Å². The summed E-state index contributed by atoms with van der Waals surface area (Å²) < 4.78 is 14.1. The predicted octanol–water partition coefficient (Wildman–Crippen LogP) is -2.79. The predicted molar refractivity (Wildman–Crippen MR) is 56.8 cm³/mol. The van der Waals surface area contributed by atoms with Crippen LogP contribution in [0.4, 0.5) is 0 Å². The molecule has 0 heterocycles. The van der Waals surface area contributed by atoms with Gasteiger partial charge in [0.1, 0.15) is 12.2 Å². The van der Waals surface area contributed by atoms with Gasteiger partial charge < -0.3 is 34.0 Å². The first-order chi connectivity index (χ1) is 9.14. The zero-order chi connectivity index (χ0) is 14.7. The topological polar surface area (TPSA) is 136 Å². The van der Waals surface area contributed by atoms with Crippen LogP contribution in [-0.2, 0) is 33.4 Å². The molecule has 0 amide bonds. The van der Waals surface area contributed by atoms with Gasteiger partial charge >= 0.3 is 0 Å². The molecule has 0 saturated heterocycles. The Balaban J connectivity index is 4.46. The summed E-state index contributed by atoms with van der Waals surface area (Å²) in [7, 11) is 0. The summed E-state index contributed by atoms with van der Waals surface area (Å²) in [6.45, 7) is -1.37. The summed E-state index contributed by atoms with van der Waals surface area (Å²) in [6.07, 6.45) is -5.18. The Morgan fingerprint density at radius 3 is 1.26 bits per heavy atom. The van der Waals surface area contributed by atoms with Gasteiger partial charge in [-0.1, -0.05) is 0 Å². The Morgan fingerprint density at radius 2 is 1.05 bits per heavy atom. The third-order valence-electron chi connectivity index (χ3n) is 1.77. The van der Waals surface area contributed by atoms with Crippen molar-refractivity contribution in [3.63, 3.8) is 0 Å². The Hall–Kier alpha value is -1.52. The number of ether oxygens (including phenoxy) is 3. The minimum atomic E-state index is -1.65. The van der Waals surface area contributed by atoms with Crippen molar-refractivity contribution in [3.8, 4) is 0 Å². The number of carbonyl (C=O) groups excluding carboxylic acids is 4. The molecule has 0 radical (unpaired) electrons. The van der Waals surface area contributed by atoms with Gasteiger partial charge in [-0.05, 0) is 0 Å². The SMILES string of the molecule is O=C[C@@H](O[C@H](C=O)O[C@@H](C=O)CO)O[C@@H](C=O)CO. The molecule has 0 aromatic heterocycles. The summed E-state index contributed by atoms with van der Waals surface area (Å²) in [4.78, 5) is 42.0. The summed E-state index contributed by atoms with van der Waals surface area (Å²) >= 11 is 0. The Morgan fingerprint density at radius 1 is 0.684 bits per heavy atom. The molecule has 0 bridgehead atoms. The van der Waals surface area contributed by atoms with E-state index in [-0.39, 0.29) is 25.1 Å². The molecule has 0 aliphatic rings. The van der Waals surface area contributed by atoms with E-state index in [0.29, 0.717) is 0 Å². The maximum absolute atomic E-state index is 10.6. The highest BCUT2D eigenvalue weighted by Crippen LogP contribution is 2.04. The fraction of sp³-hybridized carbons (Fsp3) is 0.600. The lowest BCUT2D eigenvalue weighted by Gasteiger charge is -2.21. The molecule has 0 aliphatic carbocycles. The zero-order valence-electron chi connectivity index (χ0n) is 9.79. The fourth-order valence-electron chi connectivity index (χ4n) is 0.905. The number of aldehydes is 4. The number of rotatable bonds is 12. The number of aliphatic hydroxyl groups is 2. The van der Waals surface area contributed by atoms with E-state index in [0.717, 1.165) is 0 Å². The molecule has 19 heavy (non-hydrogen) atoms. The first kappa shape index (κ1) is 17.5. The van der Waals surface area contributed by atoms with E-state index in [1.807, 2.05) is 0 Å². The van der Waals surface area contributed by atoms with Gasteiger partial charge in [0.25, 0.3) is 0 Å². The largest absolute Gasteiger partial charge is 0.393 e.